The van der Waals surface area contributed by atoms with Gasteiger partial charge in [-0.3, -0.25) is 4.79 Å². The van der Waals surface area contributed by atoms with E-state index in [1.54, 1.807) is 0 Å². The van der Waals surface area contributed by atoms with Gasteiger partial charge in [0.15, 0.2) is 0 Å². The van der Waals surface area contributed by atoms with Crippen LogP contribution in [0.15, 0.2) is 23.1 Å². The fourth-order valence-corrected chi connectivity index (χ4v) is 4.21. The van der Waals surface area contributed by atoms with Crippen LogP contribution in [0.4, 0.5) is 4.39 Å². The molecule has 0 saturated carbocycles. The lowest BCUT2D eigenvalue weighted by atomic mass is 10.3. The van der Waals surface area contributed by atoms with Crippen LogP contribution < -0.4 is 10.2 Å². The van der Waals surface area contributed by atoms with E-state index >= 15 is 0 Å². The van der Waals surface area contributed by atoms with Gasteiger partial charge in [-0.15, -0.1) is 0 Å². The molecule has 2 rings (SSSR count). The molecule has 23 heavy (non-hydrogen) atoms. The summed E-state index contributed by atoms with van der Waals surface area (Å²) in [7, 11) is -3.66. The number of carbonyl (C=O) groups is 1. The highest BCUT2D eigenvalue weighted by Gasteiger charge is 2.30. The normalized spacial score (nSPS) is 17.2. The van der Waals surface area contributed by atoms with Gasteiger partial charge in [0.1, 0.15) is 5.82 Å². The minimum Gasteiger partial charge on any atom is -0.351 e. The van der Waals surface area contributed by atoms with Gasteiger partial charge in [0.25, 0.3) is 0 Å². The molecule has 1 aromatic carbocycles. The number of carbonyl (C=O) groups excluding carboxylic acids is 1. The molecule has 2 N–H and O–H groups in total. The van der Waals surface area contributed by atoms with E-state index in [4.69, 9.17) is 11.6 Å². The number of amides is 1. The molecule has 1 fully saturated rings. The zero-order chi connectivity index (χ0) is 17.0. The van der Waals surface area contributed by atoms with Gasteiger partial charge in [0.2, 0.25) is 15.9 Å². The number of quaternary nitrogens is 1. The smallest absolute Gasteiger partial charge is 0.243 e. The number of piperazine rings is 1. The summed E-state index contributed by atoms with van der Waals surface area (Å²) in [5.41, 5.74) is 0. The van der Waals surface area contributed by atoms with Gasteiger partial charge in [-0.2, -0.15) is 4.31 Å². The van der Waals surface area contributed by atoms with Crippen molar-refractivity contribution in [3.8, 4) is 0 Å². The van der Waals surface area contributed by atoms with Crippen LogP contribution in [0.5, 0.6) is 0 Å². The second kappa shape index (κ2) is 7.57. The maximum Gasteiger partial charge on any atom is 0.243 e. The van der Waals surface area contributed by atoms with Gasteiger partial charge < -0.3 is 10.2 Å². The molecule has 0 aromatic heterocycles. The minimum atomic E-state index is -3.66. The molecule has 1 saturated heterocycles. The van der Waals surface area contributed by atoms with Crippen molar-refractivity contribution in [1.29, 1.82) is 0 Å². The number of hydrogen-bond acceptors (Lipinski definition) is 3. The van der Waals surface area contributed by atoms with Crippen molar-refractivity contribution in [2.45, 2.75) is 11.8 Å². The summed E-state index contributed by atoms with van der Waals surface area (Å²) in [6.45, 7) is 4.88. The van der Waals surface area contributed by atoms with E-state index in [2.05, 4.69) is 5.32 Å². The van der Waals surface area contributed by atoms with Crippen LogP contribution in [0, 0.1) is 5.82 Å². The van der Waals surface area contributed by atoms with Gasteiger partial charge in [-0.05, 0) is 18.2 Å². The lowest BCUT2D eigenvalue weighted by Crippen LogP contribution is -3.15. The maximum atomic E-state index is 13.2. The molecule has 1 heterocycles. The highest BCUT2D eigenvalue weighted by Crippen LogP contribution is 2.22. The summed E-state index contributed by atoms with van der Waals surface area (Å²) in [4.78, 5) is 12.1. The number of nitrogens with one attached hydrogen (secondary N) is 2. The van der Waals surface area contributed by atoms with E-state index in [1.807, 2.05) is 0 Å². The third-order valence-electron chi connectivity index (χ3n) is 3.81. The Hall–Kier alpha value is -1.22. The summed E-state index contributed by atoms with van der Waals surface area (Å²) in [6.07, 6.45) is 0. The van der Waals surface area contributed by atoms with E-state index in [9.17, 15) is 17.6 Å². The molecule has 1 amide bonds. The van der Waals surface area contributed by atoms with Crippen molar-refractivity contribution < 1.29 is 22.5 Å². The summed E-state index contributed by atoms with van der Waals surface area (Å²) >= 11 is 5.67. The SMILES string of the molecule is CC(=O)NCC[NH+]1CCN(S(=O)(=O)c2ccc(F)c(Cl)c2)CC1. The highest BCUT2D eigenvalue weighted by atomic mass is 35.5. The maximum absolute atomic E-state index is 13.2. The molecule has 1 aliphatic heterocycles. The van der Waals surface area contributed by atoms with E-state index in [-0.39, 0.29) is 15.8 Å². The van der Waals surface area contributed by atoms with Crippen LogP contribution in [0.2, 0.25) is 5.02 Å². The molecule has 128 valence electrons. The zero-order valence-corrected chi connectivity index (χ0v) is 14.4. The van der Waals surface area contributed by atoms with Crippen LogP contribution in [-0.2, 0) is 14.8 Å². The third-order valence-corrected chi connectivity index (χ3v) is 6.00. The minimum absolute atomic E-state index is 0.00518. The number of rotatable bonds is 5. The molecular formula is C14H20ClFN3O3S+. The van der Waals surface area contributed by atoms with Crippen molar-refractivity contribution in [2.75, 3.05) is 39.3 Å². The standard InChI is InChI=1S/C14H19ClFN3O3S/c1-11(20)17-4-5-18-6-8-19(9-7-18)23(21,22)12-2-3-14(16)13(15)10-12/h2-3,10H,4-9H2,1H3,(H,17,20)/p+1. The summed E-state index contributed by atoms with van der Waals surface area (Å²) in [5, 5.41) is 2.53. The largest absolute Gasteiger partial charge is 0.351 e. The first kappa shape index (κ1) is 18.1. The van der Waals surface area contributed by atoms with Crippen LogP contribution in [0.1, 0.15) is 6.92 Å². The van der Waals surface area contributed by atoms with Crippen LogP contribution in [-0.4, -0.2) is 57.9 Å². The second-order valence-electron chi connectivity index (χ2n) is 5.46. The van der Waals surface area contributed by atoms with Gasteiger partial charge >= 0.3 is 0 Å². The van der Waals surface area contributed by atoms with Crippen molar-refractivity contribution >= 4 is 27.5 Å². The molecular weight excluding hydrogens is 345 g/mol. The van der Waals surface area contributed by atoms with Crippen LogP contribution in [0.3, 0.4) is 0 Å². The first-order valence-electron chi connectivity index (χ1n) is 7.34. The van der Waals surface area contributed by atoms with Gasteiger partial charge in [0.05, 0.1) is 49.2 Å². The number of halogens is 2. The lowest BCUT2D eigenvalue weighted by molar-refractivity contribution is -0.902. The Morgan fingerprint density at radius 3 is 2.61 bits per heavy atom. The molecule has 0 atom stereocenters. The second-order valence-corrected chi connectivity index (χ2v) is 7.81. The van der Waals surface area contributed by atoms with E-state index in [1.165, 1.54) is 22.2 Å². The molecule has 0 radical (unpaired) electrons. The quantitative estimate of drug-likeness (QED) is 0.740. The number of benzene rings is 1. The predicted molar refractivity (Wildman–Crippen MR) is 84.4 cm³/mol. The molecule has 1 aliphatic rings. The Bertz CT molecular complexity index is 676. The van der Waals surface area contributed by atoms with E-state index in [0.717, 1.165) is 18.7 Å². The summed E-state index contributed by atoms with van der Waals surface area (Å²) in [5.74, 6) is -0.711. The van der Waals surface area contributed by atoms with Crippen molar-refractivity contribution in [3.63, 3.8) is 0 Å². The van der Waals surface area contributed by atoms with Gasteiger partial charge in [-0.25, -0.2) is 12.8 Å². The highest BCUT2D eigenvalue weighted by molar-refractivity contribution is 7.89. The Morgan fingerprint density at radius 2 is 2.04 bits per heavy atom. The summed E-state index contributed by atoms with van der Waals surface area (Å²) < 4.78 is 39.6. The van der Waals surface area contributed by atoms with Gasteiger partial charge in [-0.1, -0.05) is 11.6 Å². The van der Waals surface area contributed by atoms with E-state index in [0.29, 0.717) is 32.7 Å². The number of nitrogens with zero attached hydrogens (tertiary/aromatic N) is 1. The van der Waals surface area contributed by atoms with E-state index < -0.39 is 15.8 Å². The molecule has 0 unspecified atom stereocenters. The molecule has 1 aromatic rings. The Kier molecular flexibility index (Phi) is 5.96. The number of sulfonamides is 1. The fraction of sp³-hybridized carbons (Fsp3) is 0.500. The first-order valence-corrected chi connectivity index (χ1v) is 9.15. The average molecular weight is 365 g/mol. The van der Waals surface area contributed by atoms with Crippen molar-refractivity contribution in [3.05, 3.63) is 29.0 Å². The van der Waals surface area contributed by atoms with Crippen LogP contribution in [0.25, 0.3) is 0 Å². The first-order chi connectivity index (χ1) is 10.8. The zero-order valence-electron chi connectivity index (χ0n) is 12.8. The number of hydrogen-bond donors (Lipinski definition) is 2. The monoisotopic (exact) mass is 364 g/mol. The predicted octanol–water partition coefficient (Wildman–Crippen LogP) is -0.496. The van der Waals surface area contributed by atoms with Crippen molar-refractivity contribution in [1.82, 2.24) is 9.62 Å². The van der Waals surface area contributed by atoms with Gasteiger partial charge in [0, 0.05) is 6.92 Å². The molecule has 0 bridgehead atoms. The van der Waals surface area contributed by atoms with Crippen molar-refractivity contribution in [2.24, 2.45) is 0 Å². The average Bonchev–Trinajstić information content (AvgIpc) is 2.50. The molecule has 9 heteroatoms. The molecule has 0 spiro atoms. The summed E-state index contributed by atoms with van der Waals surface area (Å²) in [6, 6.07) is 3.43. The third kappa shape index (κ3) is 4.63. The molecule has 0 aliphatic carbocycles. The van der Waals surface area contributed by atoms with Crippen LogP contribution >= 0.6 is 11.6 Å². The Balaban J connectivity index is 1.95. The Morgan fingerprint density at radius 1 is 1.39 bits per heavy atom. The topological polar surface area (TPSA) is 70.9 Å². The fourth-order valence-electron chi connectivity index (χ4n) is 2.49. The Labute approximate surface area is 140 Å². The lowest BCUT2D eigenvalue weighted by Gasteiger charge is -2.31. The molecule has 6 nitrogen and oxygen atoms in total.